The van der Waals surface area contributed by atoms with Crippen LogP contribution < -0.4 is 9.46 Å². The largest absolute Gasteiger partial charge is 0.489 e. The number of halogens is 2. The fourth-order valence-corrected chi connectivity index (χ4v) is 3.98. The van der Waals surface area contributed by atoms with E-state index >= 15 is 0 Å². The van der Waals surface area contributed by atoms with E-state index in [-0.39, 0.29) is 24.8 Å². The molecule has 0 spiro atoms. The molecule has 158 valence electrons. The number of carbonyl (C=O) groups is 1. The molecule has 0 bridgehead atoms. The molecule has 29 heavy (non-hydrogen) atoms. The summed E-state index contributed by atoms with van der Waals surface area (Å²) in [5, 5.41) is 0. The molecule has 0 heterocycles. The third-order valence-corrected chi connectivity index (χ3v) is 5.71. The Labute approximate surface area is 169 Å². The molecule has 1 amide bonds. The molecule has 1 atom stereocenters. The van der Waals surface area contributed by atoms with E-state index in [1.807, 2.05) is 0 Å². The van der Waals surface area contributed by atoms with E-state index in [9.17, 15) is 22.0 Å². The number of sulfonamides is 1. The molecule has 0 saturated carbocycles. The quantitative estimate of drug-likeness (QED) is 0.669. The zero-order chi connectivity index (χ0) is 21.6. The van der Waals surface area contributed by atoms with Crippen molar-refractivity contribution in [3.8, 4) is 5.75 Å². The number of nitrogens with zero attached hydrogens (tertiary/aromatic N) is 1. The van der Waals surface area contributed by atoms with Crippen molar-refractivity contribution in [2.45, 2.75) is 24.8 Å². The van der Waals surface area contributed by atoms with E-state index in [1.54, 1.807) is 19.9 Å². The zero-order valence-electron chi connectivity index (χ0n) is 16.4. The molecule has 0 unspecified atom stereocenters. The van der Waals surface area contributed by atoms with Crippen LogP contribution in [0.4, 0.5) is 8.78 Å². The van der Waals surface area contributed by atoms with Crippen LogP contribution in [0.2, 0.25) is 0 Å². The Morgan fingerprint density at radius 1 is 1.07 bits per heavy atom. The van der Waals surface area contributed by atoms with Crippen LogP contribution in [0.3, 0.4) is 0 Å². The van der Waals surface area contributed by atoms with Gasteiger partial charge < -0.3 is 9.64 Å². The third-order valence-electron chi connectivity index (χ3n) is 4.24. The van der Waals surface area contributed by atoms with Crippen molar-refractivity contribution in [3.63, 3.8) is 0 Å². The maximum atomic E-state index is 13.9. The van der Waals surface area contributed by atoms with Crippen LogP contribution in [0.1, 0.15) is 13.8 Å². The van der Waals surface area contributed by atoms with Gasteiger partial charge >= 0.3 is 0 Å². The fourth-order valence-electron chi connectivity index (χ4n) is 2.57. The van der Waals surface area contributed by atoms with E-state index in [2.05, 4.69) is 4.72 Å². The lowest BCUT2D eigenvalue weighted by molar-refractivity contribution is -0.133. The van der Waals surface area contributed by atoms with Crippen LogP contribution in [0.5, 0.6) is 5.75 Å². The molecule has 0 aromatic heterocycles. The summed E-state index contributed by atoms with van der Waals surface area (Å²) >= 11 is 0. The van der Waals surface area contributed by atoms with Crippen molar-refractivity contribution in [2.24, 2.45) is 5.92 Å². The predicted octanol–water partition coefficient (Wildman–Crippen LogP) is 2.81. The molecule has 0 aliphatic heterocycles. The second kappa shape index (κ2) is 9.80. The maximum Gasteiger partial charge on any atom is 0.244 e. The first kappa shape index (κ1) is 22.8. The monoisotopic (exact) mass is 426 g/mol. The second-order valence-corrected chi connectivity index (χ2v) is 8.49. The summed E-state index contributed by atoms with van der Waals surface area (Å²) in [6, 6.07) is 9.73. The Morgan fingerprint density at radius 3 is 2.24 bits per heavy atom. The number of carbonyl (C=O) groups excluding carboxylic acids is 1. The number of ether oxygens (including phenoxy) is 1. The minimum Gasteiger partial charge on any atom is -0.489 e. The summed E-state index contributed by atoms with van der Waals surface area (Å²) in [5.74, 6) is -2.24. The van der Waals surface area contributed by atoms with Crippen LogP contribution in [-0.4, -0.2) is 45.5 Å². The fraction of sp³-hybridized carbons (Fsp3) is 0.350. The highest BCUT2D eigenvalue weighted by molar-refractivity contribution is 7.89. The highest BCUT2D eigenvalue weighted by atomic mass is 32.2. The number of para-hydroxylation sites is 1. The van der Waals surface area contributed by atoms with Gasteiger partial charge in [-0.1, -0.05) is 38.1 Å². The SMILES string of the molecule is CC(C)[C@H](NS(=O)(=O)c1ccccc1F)C(=O)N(C)CCOc1ccccc1F. The number of amides is 1. The van der Waals surface area contributed by atoms with Crippen molar-refractivity contribution in [1.29, 1.82) is 0 Å². The standard InChI is InChI=1S/C20H24F2N2O4S/c1-14(2)19(23-29(26,27)18-11-7-5-9-16(18)22)20(25)24(3)12-13-28-17-10-6-4-8-15(17)21/h4-11,14,19,23H,12-13H2,1-3H3/t19-/m0/s1. The van der Waals surface area contributed by atoms with Crippen molar-refractivity contribution in [2.75, 3.05) is 20.2 Å². The van der Waals surface area contributed by atoms with E-state index in [0.29, 0.717) is 0 Å². The Kier molecular flexibility index (Phi) is 7.69. The summed E-state index contributed by atoms with van der Waals surface area (Å²) < 4.78 is 60.2. The van der Waals surface area contributed by atoms with Gasteiger partial charge in [0.1, 0.15) is 23.4 Å². The Balaban J connectivity index is 2.04. The Hall–Kier alpha value is -2.52. The average molecular weight is 426 g/mol. The molecule has 9 heteroatoms. The summed E-state index contributed by atoms with van der Waals surface area (Å²) in [7, 11) is -2.75. The van der Waals surface area contributed by atoms with Crippen molar-refractivity contribution >= 4 is 15.9 Å². The Bertz CT molecular complexity index is 951. The van der Waals surface area contributed by atoms with Gasteiger partial charge in [-0.3, -0.25) is 4.79 Å². The number of hydrogen-bond donors (Lipinski definition) is 1. The van der Waals surface area contributed by atoms with Gasteiger partial charge in [-0.05, 0) is 30.2 Å². The van der Waals surface area contributed by atoms with Crippen molar-refractivity contribution in [3.05, 3.63) is 60.2 Å². The summed E-state index contributed by atoms with van der Waals surface area (Å²) in [4.78, 5) is 13.5. The van der Waals surface area contributed by atoms with Crippen LogP contribution >= 0.6 is 0 Å². The number of nitrogens with one attached hydrogen (secondary N) is 1. The first-order valence-corrected chi connectivity index (χ1v) is 10.5. The lowest BCUT2D eigenvalue weighted by atomic mass is 10.0. The topological polar surface area (TPSA) is 75.7 Å². The number of likely N-dealkylation sites (N-methyl/N-ethyl adjacent to an activating group) is 1. The molecule has 0 fully saturated rings. The van der Waals surface area contributed by atoms with Gasteiger partial charge in [0.25, 0.3) is 0 Å². The van der Waals surface area contributed by atoms with Crippen LogP contribution in [0.15, 0.2) is 53.4 Å². The van der Waals surface area contributed by atoms with Gasteiger partial charge in [-0.25, -0.2) is 17.2 Å². The van der Waals surface area contributed by atoms with Crippen LogP contribution in [0.25, 0.3) is 0 Å². The molecule has 0 radical (unpaired) electrons. The number of benzene rings is 2. The molecule has 6 nitrogen and oxygen atoms in total. The van der Waals surface area contributed by atoms with Crippen molar-refractivity contribution in [1.82, 2.24) is 9.62 Å². The molecule has 2 aromatic carbocycles. The minimum absolute atomic E-state index is 0.0219. The number of hydrogen-bond acceptors (Lipinski definition) is 4. The number of rotatable bonds is 9. The lowest BCUT2D eigenvalue weighted by Gasteiger charge is -2.27. The highest BCUT2D eigenvalue weighted by Gasteiger charge is 2.31. The third kappa shape index (κ3) is 5.98. The molecule has 2 aromatic rings. The van der Waals surface area contributed by atoms with Gasteiger partial charge in [-0.15, -0.1) is 0 Å². The highest BCUT2D eigenvalue weighted by Crippen LogP contribution is 2.17. The summed E-state index contributed by atoms with van der Waals surface area (Å²) in [6.45, 7) is 3.48. The zero-order valence-corrected chi connectivity index (χ0v) is 17.2. The minimum atomic E-state index is -4.24. The van der Waals surface area contributed by atoms with Crippen LogP contribution in [0, 0.1) is 17.6 Å². The first-order valence-electron chi connectivity index (χ1n) is 9.02. The molecule has 2 rings (SSSR count). The van der Waals surface area contributed by atoms with Crippen molar-refractivity contribution < 1.29 is 26.7 Å². The average Bonchev–Trinajstić information content (AvgIpc) is 2.67. The summed E-state index contributed by atoms with van der Waals surface area (Å²) in [5.41, 5.74) is 0. The Morgan fingerprint density at radius 2 is 1.66 bits per heavy atom. The van der Waals surface area contributed by atoms with Gasteiger partial charge in [0.05, 0.1) is 6.54 Å². The van der Waals surface area contributed by atoms with Gasteiger partial charge in [0, 0.05) is 7.05 Å². The predicted molar refractivity (Wildman–Crippen MR) is 105 cm³/mol. The van der Waals surface area contributed by atoms with Crippen LogP contribution in [-0.2, 0) is 14.8 Å². The van der Waals surface area contributed by atoms with Gasteiger partial charge in [-0.2, -0.15) is 4.72 Å². The normalized spacial score (nSPS) is 12.6. The van der Waals surface area contributed by atoms with Gasteiger partial charge in [0.2, 0.25) is 15.9 Å². The molecular weight excluding hydrogens is 402 g/mol. The lowest BCUT2D eigenvalue weighted by Crippen LogP contribution is -2.50. The molecule has 1 N–H and O–H groups in total. The second-order valence-electron chi connectivity index (χ2n) is 6.81. The van der Waals surface area contributed by atoms with Gasteiger partial charge in [0.15, 0.2) is 11.6 Å². The first-order chi connectivity index (χ1) is 13.6. The smallest absolute Gasteiger partial charge is 0.244 e. The molecule has 0 saturated heterocycles. The molecule has 0 aliphatic carbocycles. The van der Waals surface area contributed by atoms with E-state index in [1.165, 1.54) is 42.3 Å². The summed E-state index contributed by atoms with van der Waals surface area (Å²) in [6.07, 6.45) is 0. The molecule has 0 aliphatic rings. The van der Waals surface area contributed by atoms with E-state index < -0.39 is 38.5 Å². The van der Waals surface area contributed by atoms with E-state index in [4.69, 9.17) is 4.74 Å². The molecular formula is C20H24F2N2O4S. The maximum absolute atomic E-state index is 13.9. The van der Waals surface area contributed by atoms with E-state index in [0.717, 1.165) is 12.1 Å².